The van der Waals surface area contributed by atoms with Gasteiger partial charge < -0.3 is 46.0 Å². The maximum absolute atomic E-state index is 12.9. The van der Waals surface area contributed by atoms with Gasteiger partial charge in [-0.1, -0.05) is 6.58 Å². The molecule has 7 N–H and O–H groups in total. The average molecular weight is 602 g/mol. The minimum absolute atomic E-state index is 0.150. The van der Waals surface area contributed by atoms with E-state index in [-0.39, 0.29) is 29.0 Å². The maximum atomic E-state index is 12.9. The number of amides is 6. The minimum atomic E-state index is -0.687. The summed E-state index contributed by atoms with van der Waals surface area (Å²) >= 11 is 3.00. The van der Waals surface area contributed by atoms with E-state index in [2.05, 4.69) is 49.1 Å². The molecular weight excluding hydrogens is 574 g/mol. The van der Waals surface area contributed by atoms with E-state index >= 15 is 0 Å². The van der Waals surface area contributed by atoms with Gasteiger partial charge in [-0.2, -0.15) is 0 Å². The number of carbonyl (C=O) groups excluding carboxylic acids is 5. The summed E-state index contributed by atoms with van der Waals surface area (Å²) in [6, 6.07) is 3.85. The Kier molecular flexibility index (Phi) is 8.98. The largest absolute Gasteiger partial charge is 0.352 e. The van der Waals surface area contributed by atoms with Crippen molar-refractivity contribution in [3.05, 3.63) is 64.9 Å². The van der Waals surface area contributed by atoms with Crippen LogP contribution < -0.4 is 32.3 Å². The van der Waals surface area contributed by atoms with Crippen molar-refractivity contribution >= 4 is 62.7 Å². The van der Waals surface area contributed by atoms with Gasteiger partial charge in [0.1, 0.15) is 17.1 Å². The standard InChI is InChI=1S/C24H28BrN9O5/c1-13(25)20(35)29-14-8-18(33(3)10-14)22(37)31-16-9-19(34(4)12-16)23(38)30-15-7-17(32(2)11-15)21(36)27-5-6-28-24(26)39/h7-12H,1,5-6H2,2-4H3,(H,27,36)(H,29,35)(H,30,38)(H,31,37)(H3,26,28,39). The van der Waals surface area contributed by atoms with Crippen LogP contribution in [0.5, 0.6) is 0 Å². The minimum Gasteiger partial charge on any atom is -0.352 e. The Balaban J connectivity index is 1.64. The molecule has 0 aliphatic carbocycles. The van der Waals surface area contributed by atoms with E-state index < -0.39 is 29.7 Å². The Morgan fingerprint density at radius 2 is 1.10 bits per heavy atom. The molecule has 3 aromatic heterocycles. The fraction of sp³-hybridized carbons (Fsp3) is 0.208. The van der Waals surface area contributed by atoms with E-state index in [1.54, 1.807) is 53.4 Å². The monoisotopic (exact) mass is 601 g/mol. The van der Waals surface area contributed by atoms with Crippen LogP contribution in [0.25, 0.3) is 0 Å². The molecule has 15 heteroatoms. The van der Waals surface area contributed by atoms with Crippen LogP contribution in [-0.2, 0) is 25.9 Å². The first kappa shape index (κ1) is 28.8. The van der Waals surface area contributed by atoms with E-state index in [4.69, 9.17) is 5.73 Å². The number of nitrogens with one attached hydrogen (secondary N) is 5. The van der Waals surface area contributed by atoms with Crippen molar-refractivity contribution in [2.75, 3.05) is 29.0 Å². The highest BCUT2D eigenvalue weighted by Crippen LogP contribution is 2.20. The summed E-state index contributed by atoms with van der Waals surface area (Å²) < 4.78 is 4.80. The number of anilines is 3. The number of primary amides is 1. The van der Waals surface area contributed by atoms with Gasteiger partial charge in [0.05, 0.1) is 21.5 Å². The first-order valence-electron chi connectivity index (χ1n) is 11.4. The van der Waals surface area contributed by atoms with Crippen LogP contribution in [0.2, 0.25) is 0 Å². The lowest BCUT2D eigenvalue weighted by Crippen LogP contribution is -2.37. The molecule has 0 atom stereocenters. The lowest BCUT2D eigenvalue weighted by Gasteiger charge is -2.05. The van der Waals surface area contributed by atoms with Crippen molar-refractivity contribution < 1.29 is 24.0 Å². The summed E-state index contributed by atoms with van der Waals surface area (Å²) in [6.07, 6.45) is 4.74. The van der Waals surface area contributed by atoms with E-state index in [1.807, 2.05) is 0 Å². The molecule has 0 bridgehead atoms. The maximum Gasteiger partial charge on any atom is 0.312 e. The van der Waals surface area contributed by atoms with Crippen LogP contribution in [0.1, 0.15) is 31.5 Å². The Morgan fingerprint density at radius 3 is 1.51 bits per heavy atom. The molecule has 0 unspecified atom stereocenters. The summed E-state index contributed by atoms with van der Waals surface area (Å²) in [4.78, 5) is 60.7. The lowest BCUT2D eigenvalue weighted by molar-refractivity contribution is -0.112. The molecule has 0 fully saturated rings. The molecule has 3 rings (SSSR count). The fourth-order valence-corrected chi connectivity index (χ4v) is 3.72. The predicted octanol–water partition coefficient (Wildman–Crippen LogP) is 1.45. The second-order valence-corrected chi connectivity index (χ2v) is 9.45. The molecule has 0 aromatic carbocycles. The van der Waals surface area contributed by atoms with Crippen molar-refractivity contribution in [3.63, 3.8) is 0 Å². The molecule has 0 aliphatic rings. The number of nitrogens with zero attached hydrogens (tertiary/aromatic N) is 3. The normalized spacial score (nSPS) is 10.5. The van der Waals surface area contributed by atoms with Gasteiger partial charge in [0.2, 0.25) is 0 Å². The van der Waals surface area contributed by atoms with E-state index in [0.29, 0.717) is 22.8 Å². The van der Waals surface area contributed by atoms with Gasteiger partial charge in [-0.05, 0) is 34.1 Å². The van der Waals surface area contributed by atoms with Crippen molar-refractivity contribution in [3.8, 4) is 0 Å². The summed E-state index contributed by atoms with van der Waals surface area (Å²) in [7, 11) is 4.96. The second kappa shape index (κ2) is 12.2. The second-order valence-electron chi connectivity index (χ2n) is 8.49. The average Bonchev–Trinajstić information content (AvgIpc) is 3.52. The summed E-state index contributed by atoms with van der Waals surface area (Å²) in [5, 5.41) is 13.1. The van der Waals surface area contributed by atoms with Gasteiger partial charge >= 0.3 is 6.03 Å². The Morgan fingerprint density at radius 1 is 0.718 bits per heavy atom. The highest BCUT2D eigenvalue weighted by molar-refractivity contribution is 9.12. The van der Waals surface area contributed by atoms with Crippen LogP contribution in [0.15, 0.2) is 47.9 Å². The molecule has 3 heterocycles. The van der Waals surface area contributed by atoms with Crippen LogP contribution >= 0.6 is 15.9 Å². The highest BCUT2D eigenvalue weighted by Gasteiger charge is 2.19. The SMILES string of the molecule is C=C(Br)C(=O)Nc1cc(C(=O)Nc2cc(C(=O)Nc3cc(C(=O)NCCNC(N)=O)n(C)c3)n(C)c2)n(C)c1. The van der Waals surface area contributed by atoms with Crippen molar-refractivity contribution in [1.82, 2.24) is 24.3 Å². The quantitative estimate of drug-likeness (QED) is 0.151. The Labute approximate surface area is 231 Å². The molecule has 0 saturated carbocycles. The molecule has 39 heavy (non-hydrogen) atoms. The molecule has 0 aliphatic heterocycles. The zero-order valence-electron chi connectivity index (χ0n) is 21.4. The van der Waals surface area contributed by atoms with Gasteiger partial charge in [0, 0.05) is 52.8 Å². The summed E-state index contributed by atoms with van der Waals surface area (Å²) in [5.74, 6) is -1.73. The first-order valence-corrected chi connectivity index (χ1v) is 12.2. The first-order chi connectivity index (χ1) is 18.3. The lowest BCUT2D eigenvalue weighted by atomic mass is 10.3. The number of aromatic nitrogens is 3. The smallest absolute Gasteiger partial charge is 0.312 e. The van der Waals surface area contributed by atoms with Gasteiger partial charge in [0.15, 0.2) is 0 Å². The molecule has 0 spiro atoms. The molecule has 3 aromatic rings. The summed E-state index contributed by atoms with van der Waals surface area (Å²) in [5.41, 5.74) is 7.00. The van der Waals surface area contributed by atoms with Crippen LogP contribution in [0.4, 0.5) is 21.9 Å². The van der Waals surface area contributed by atoms with Crippen molar-refractivity contribution in [1.29, 1.82) is 0 Å². The number of hydrogen-bond donors (Lipinski definition) is 6. The predicted molar refractivity (Wildman–Crippen MR) is 149 cm³/mol. The number of carbonyl (C=O) groups is 5. The molecule has 206 valence electrons. The van der Waals surface area contributed by atoms with Gasteiger partial charge in [-0.25, -0.2) is 4.79 Å². The summed E-state index contributed by atoms with van der Waals surface area (Å²) in [6.45, 7) is 3.86. The number of aryl methyl sites for hydroxylation is 3. The molecule has 14 nitrogen and oxygen atoms in total. The van der Waals surface area contributed by atoms with Gasteiger partial charge in [0.25, 0.3) is 23.6 Å². The number of hydrogen-bond acceptors (Lipinski definition) is 5. The number of halogens is 1. The fourth-order valence-electron chi connectivity index (χ4n) is 3.62. The van der Waals surface area contributed by atoms with Crippen LogP contribution in [-0.4, -0.2) is 56.5 Å². The van der Waals surface area contributed by atoms with E-state index in [0.717, 1.165) is 0 Å². The molecular formula is C24H28BrN9O5. The topological polar surface area (TPSA) is 186 Å². The van der Waals surface area contributed by atoms with Crippen LogP contribution in [0, 0.1) is 0 Å². The molecule has 0 saturated heterocycles. The molecule has 6 amide bonds. The van der Waals surface area contributed by atoms with E-state index in [1.165, 1.54) is 18.2 Å². The van der Waals surface area contributed by atoms with Crippen molar-refractivity contribution in [2.45, 2.75) is 0 Å². The number of nitrogens with two attached hydrogens (primary N) is 1. The van der Waals surface area contributed by atoms with Gasteiger partial charge in [-0.3, -0.25) is 19.2 Å². The Bertz CT molecular complexity index is 1470. The zero-order chi connectivity index (χ0) is 28.9. The third-order valence-corrected chi connectivity index (χ3v) is 5.80. The third-order valence-electron chi connectivity index (χ3n) is 5.44. The molecule has 0 radical (unpaired) electrons. The number of rotatable bonds is 10. The van der Waals surface area contributed by atoms with Crippen molar-refractivity contribution in [2.24, 2.45) is 26.9 Å². The Hall–Kier alpha value is -4.79. The van der Waals surface area contributed by atoms with Crippen LogP contribution in [0.3, 0.4) is 0 Å². The third kappa shape index (κ3) is 7.38. The highest BCUT2D eigenvalue weighted by atomic mass is 79.9. The van der Waals surface area contributed by atoms with Gasteiger partial charge in [-0.15, -0.1) is 0 Å². The zero-order valence-corrected chi connectivity index (χ0v) is 23.0. The van der Waals surface area contributed by atoms with E-state index in [9.17, 15) is 24.0 Å². The number of urea groups is 1.